The third-order valence-electron chi connectivity index (χ3n) is 4.78. The molecule has 4 nitrogen and oxygen atoms in total. The zero-order valence-corrected chi connectivity index (χ0v) is 17.0. The van der Waals surface area contributed by atoms with E-state index in [1.54, 1.807) is 12.1 Å². The van der Waals surface area contributed by atoms with Crippen LogP contribution in [0.4, 0.5) is 13.2 Å². The van der Waals surface area contributed by atoms with E-state index in [0.717, 1.165) is 57.8 Å². The Hall–Kier alpha value is -0.440. The van der Waals surface area contributed by atoms with Crippen molar-refractivity contribution in [3.8, 4) is 5.75 Å². The van der Waals surface area contributed by atoms with Crippen molar-refractivity contribution in [1.82, 2.24) is 10.2 Å². The van der Waals surface area contributed by atoms with Gasteiger partial charge in [0.25, 0.3) is 0 Å². The van der Waals surface area contributed by atoms with E-state index in [1.165, 1.54) is 6.07 Å². The fourth-order valence-electron chi connectivity index (χ4n) is 3.68. The summed E-state index contributed by atoms with van der Waals surface area (Å²) < 4.78 is 46.8. The molecule has 0 spiro atoms. The van der Waals surface area contributed by atoms with Crippen LogP contribution in [0.15, 0.2) is 18.2 Å². The number of nitrogens with one attached hydrogen (secondary N) is 1. The maximum absolute atomic E-state index is 12.5. The van der Waals surface area contributed by atoms with Crippen LogP contribution < -0.4 is 10.1 Å². The van der Waals surface area contributed by atoms with Gasteiger partial charge < -0.3 is 14.8 Å². The van der Waals surface area contributed by atoms with E-state index in [0.29, 0.717) is 5.92 Å². The number of ether oxygens (including phenoxy) is 2. The van der Waals surface area contributed by atoms with Crippen LogP contribution in [-0.4, -0.2) is 50.7 Å². The summed E-state index contributed by atoms with van der Waals surface area (Å²) in [5.41, 5.74) is 0.938. The Morgan fingerprint density at radius 1 is 1.15 bits per heavy atom. The van der Waals surface area contributed by atoms with Crippen LogP contribution in [0.3, 0.4) is 0 Å². The Labute approximate surface area is 174 Å². The first-order valence-corrected chi connectivity index (χ1v) is 8.89. The van der Waals surface area contributed by atoms with Crippen molar-refractivity contribution in [2.45, 2.75) is 25.2 Å². The van der Waals surface area contributed by atoms with Crippen LogP contribution >= 0.6 is 36.4 Å². The number of piperazine rings is 1. The molecule has 2 aliphatic heterocycles. The van der Waals surface area contributed by atoms with E-state index in [9.17, 15) is 13.2 Å². The monoisotopic (exact) mass is 450 g/mol. The lowest BCUT2D eigenvalue weighted by atomic mass is 9.85. The summed E-state index contributed by atoms with van der Waals surface area (Å²) in [5.74, 6) is 0.0428. The molecule has 0 aliphatic carbocycles. The molecule has 0 aromatic heterocycles. The molecule has 0 saturated carbocycles. The molecular weight excluding hydrogens is 428 g/mol. The van der Waals surface area contributed by atoms with Crippen molar-refractivity contribution < 1.29 is 22.6 Å². The van der Waals surface area contributed by atoms with E-state index >= 15 is 0 Å². The molecule has 1 N–H and O–H groups in total. The highest BCUT2D eigenvalue weighted by Gasteiger charge is 2.34. The van der Waals surface area contributed by atoms with Gasteiger partial charge in [-0.1, -0.05) is 17.7 Å². The van der Waals surface area contributed by atoms with Crippen LogP contribution in [0, 0.1) is 5.92 Å². The molecule has 0 bridgehead atoms. The minimum absolute atomic E-state index is 0. The first-order chi connectivity index (χ1) is 11.9. The quantitative estimate of drug-likeness (QED) is 0.733. The lowest BCUT2D eigenvalue weighted by Crippen LogP contribution is -2.47. The van der Waals surface area contributed by atoms with Crippen molar-refractivity contribution in [3.05, 3.63) is 28.8 Å². The number of rotatable bonds is 4. The molecule has 156 valence electrons. The van der Waals surface area contributed by atoms with Crippen molar-refractivity contribution >= 4 is 36.4 Å². The van der Waals surface area contributed by atoms with Crippen molar-refractivity contribution in [2.75, 3.05) is 39.4 Å². The van der Waals surface area contributed by atoms with Gasteiger partial charge in [0.2, 0.25) is 0 Å². The van der Waals surface area contributed by atoms with Gasteiger partial charge in [-0.05, 0) is 36.5 Å². The molecule has 3 rings (SSSR count). The third kappa shape index (κ3) is 6.84. The van der Waals surface area contributed by atoms with Crippen LogP contribution in [0.25, 0.3) is 0 Å². The zero-order chi connectivity index (χ0) is 17.9. The van der Waals surface area contributed by atoms with Gasteiger partial charge in [-0.25, -0.2) is 0 Å². The van der Waals surface area contributed by atoms with E-state index in [-0.39, 0.29) is 41.6 Å². The van der Waals surface area contributed by atoms with Crippen LogP contribution in [0.2, 0.25) is 5.02 Å². The maximum atomic E-state index is 12.5. The second-order valence-corrected chi connectivity index (χ2v) is 6.83. The van der Waals surface area contributed by atoms with Crippen LogP contribution in [0.1, 0.15) is 24.4 Å². The second kappa shape index (κ2) is 10.9. The Balaban J connectivity index is 0.00000182. The average molecular weight is 452 g/mol. The smallest absolute Gasteiger partial charge is 0.404 e. The van der Waals surface area contributed by atoms with Gasteiger partial charge in [-0.15, -0.1) is 38.0 Å². The number of nitrogens with zero attached hydrogens (tertiary/aromatic N) is 1. The number of alkyl halides is 3. The number of benzene rings is 1. The molecule has 0 unspecified atom stereocenters. The first kappa shape index (κ1) is 24.6. The van der Waals surface area contributed by atoms with Gasteiger partial charge in [0.1, 0.15) is 5.75 Å². The summed E-state index contributed by atoms with van der Waals surface area (Å²) >= 11 is 6.08. The van der Waals surface area contributed by atoms with Crippen LogP contribution in [-0.2, 0) is 4.74 Å². The molecule has 1 atom stereocenters. The fraction of sp³-hybridized carbons (Fsp3) is 0.647. The van der Waals surface area contributed by atoms with Crippen LogP contribution in [0.5, 0.6) is 5.75 Å². The van der Waals surface area contributed by atoms with Crippen molar-refractivity contribution in [2.24, 2.45) is 5.92 Å². The van der Waals surface area contributed by atoms with E-state index in [2.05, 4.69) is 15.0 Å². The number of hydrogen-bond acceptors (Lipinski definition) is 4. The van der Waals surface area contributed by atoms with E-state index in [1.807, 2.05) is 0 Å². The second-order valence-electron chi connectivity index (χ2n) is 6.42. The molecule has 27 heavy (non-hydrogen) atoms. The van der Waals surface area contributed by atoms with Gasteiger partial charge >= 0.3 is 6.36 Å². The molecule has 2 aliphatic rings. The Kier molecular flexibility index (Phi) is 9.96. The van der Waals surface area contributed by atoms with Gasteiger partial charge in [-0.2, -0.15) is 0 Å². The molecule has 1 aromatic rings. The van der Waals surface area contributed by atoms with Gasteiger partial charge in [0.05, 0.1) is 5.02 Å². The highest BCUT2D eigenvalue weighted by molar-refractivity contribution is 6.32. The molecule has 0 radical (unpaired) electrons. The lowest BCUT2D eigenvalue weighted by Gasteiger charge is -2.41. The van der Waals surface area contributed by atoms with E-state index < -0.39 is 6.36 Å². The minimum Gasteiger partial charge on any atom is -0.404 e. The molecule has 0 amide bonds. The molecular formula is C17H24Cl3F3N2O2. The molecule has 10 heteroatoms. The van der Waals surface area contributed by atoms with E-state index in [4.69, 9.17) is 16.3 Å². The lowest BCUT2D eigenvalue weighted by molar-refractivity contribution is -0.274. The summed E-state index contributed by atoms with van der Waals surface area (Å²) in [7, 11) is 0. The minimum atomic E-state index is -4.75. The summed E-state index contributed by atoms with van der Waals surface area (Å²) in [4.78, 5) is 2.39. The van der Waals surface area contributed by atoms with Gasteiger partial charge in [0.15, 0.2) is 0 Å². The molecule has 2 heterocycles. The third-order valence-corrected chi connectivity index (χ3v) is 5.08. The standard InChI is InChI=1S/C17H22ClF3N2O2.2ClH/c18-14-11-13(1-2-15(14)25-17(19,20)21)16(12-3-9-24-10-4-12)23-7-5-22-6-8-23;;/h1-2,11-12,16,22H,3-10H2;2*1H/t16-;;/m0../s1. The highest BCUT2D eigenvalue weighted by Crippen LogP contribution is 2.39. The SMILES string of the molecule is Cl.Cl.FC(F)(F)Oc1ccc([C@H](C2CCOCC2)N2CCNCC2)cc1Cl. The topological polar surface area (TPSA) is 33.7 Å². The van der Waals surface area contributed by atoms with Crippen molar-refractivity contribution in [1.29, 1.82) is 0 Å². The largest absolute Gasteiger partial charge is 0.573 e. The summed E-state index contributed by atoms with van der Waals surface area (Å²) in [6, 6.07) is 4.77. The first-order valence-electron chi connectivity index (χ1n) is 8.52. The molecule has 1 aromatic carbocycles. The predicted molar refractivity (Wildman–Crippen MR) is 103 cm³/mol. The Morgan fingerprint density at radius 3 is 2.33 bits per heavy atom. The normalized spacial score (nSPS) is 20.3. The summed E-state index contributed by atoms with van der Waals surface area (Å²) in [5, 5.41) is 3.32. The van der Waals surface area contributed by atoms with Gasteiger partial charge in [0, 0.05) is 45.4 Å². The average Bonchev–Trinajstić information content (AvgIpc) is 2.58. The summed E-state index contributed by atoms with van der Waals surface area (Å²) in [6.45, 7) is 5.05. The molecule has 2 saturated heterocycles. The Bertz CT molecular complexity index is 563. The maximum Gasteiger partial charge on any atom is 0.573 e. The predicted octanol–water partition coefficient (Wildman–Crippen LogP) is 4.46. The summed E-state index contributed by atoms with van der Waals surface area (Å²) in [6.07, 6.45) is -2.87. The Morgan fingerprint density at radius 2 is 1.78 bits per heavy atom. The fourth-order valence-corrected chi connectivity index (χ4v) is 3.91. The zero-order valence-electron chi connectivity index (χ0n) is 14.6. The number of hydrogen-bond donors (Lipinski definition) is 1. The molecule has 2 fully saturated rings. The number of halogens is 6. The van der Waals surface area contributed by atoms with Gasteiger partial charge in [-0.3, -0.25) is 4.90 Å². The van der Waals surface area contributed by atoms with Crippen molar-refractivity contribution in [3.63, 3.8) is 0 Å². The highest BCUT2D eigenvalue weighted by atomic mass is 35.5.